The molecule has 2 aliphatic rings. The Balaban J connectivity index is 1.25. The summed E-state index contributed by atoms with van der Waals surface area (Å²) in [5.74, 6) is -7.01. The number of ether oxygens (including phenoxy) is 1. The van der Waals surface area contributed by atoms with E-state index in [1.54, 1.807) is 55.7 Å². The minimum atomic E-state index is -1.39. The maximum Gasteiger partial charge on any atom is 0.228 e. The molecule has 0 aliphatic carbocycles. The molecule has 1 aromatic heterocycles. The maximum atomic E-state index is 15.4. The van der Waals surface area contributed by atoms with Gasteiger partial charge >= 0.3 is 0 Å². The molecule has 2 bridgehead atoms. The Bertz CT molecular complexity index is 2640. The molecule has 2 fully saturated rings. The average Bonchev–Trinajstić information content (AvgIpc) is 3.66. The Hall–Kier alpha value is -5.74. The second-order valence-corrected chi connectivity index (χ2v) is 19.1. The van der Waals surface area contributed by atoms with Crippen LogP contribution in [-0.2, 0) is 52.2 Å². The number of fused-ring (bicyclic) bond motifs is 2. The second-order valence-electron chi connectivity index (χ2n) is 18.2. The summed E-state index contributed by atoms with van der Waals surface area (Å²) < 4.78 is 53.4. The molecule has 12 nitrogen and oxygen atoms in total. The fraction of sp³-hybridized carbons (Fsp3) is 0.392. The number of nitrogens with zero attached hydrogens (tertiary/aromatic N) is 6. The molecule has 5 aromatic rings. The van der Waals surface area contributed by atoms with Crippen molar-refractivity contribution in [2.45, 2.75) is 70.1 Å². The minimum absolute atomic E-state index is 0.0337. The molecule has 0 saturated carbocycles. The summed E-state index contributed by atoms with van der Waals surface area (Å²) in [6, 6.07) is 18.9. The van der Waals surface area contributed by atoms with Crippen molar-refractivity contribution in [3.8, 4) is 22.8 Å². The molecule has 7 rings (SSSR count). The predicted molar refractivity (Wildman–Crippen MR) is 252 cm³/mol. The SMILES string of the molecule is C[C@H]1C(=O)C[C@@H](CO)C(=O)N(C)[C@@]2(Cc3ccc(Cl)cc3)CCCN(C2)C(=O)[C@H](Cc2c(F)cc(F)cc2F)CC(=O)N1Cc1ccc(Cl)cc1Oc1ccc(-c2cnc(CN(C)C)n2C)cc1. The molecule has 360 valence electrons. The van der Waals surface area contributed by atoms with Crippen LogP contribution < -0.4 is 4.74 Å². The van der Waals surface area contributed by atoms with Crippen LogP contribution in [0.15, 0.2) is 85.1 Å². The van der Waals surface area contributed by atoms with Crippen molar-refractivity contribution in [3.05, 3.63) is 135 Å². The molecular weight excluding hydrogens is 920 g/mol. The van der Waals surface area contributed by atoms with Gasteiger partial charge in [0.05, 0.1) is 55.0 Å². The number of amides is 3. The first-order valence-electron chi connectivity index (χ1n) is 22.5. The number of aliphatic hydroxyl groups excluding tert-OH is 1. The zero-order valence-electron chi connectivity index (χ0n) is 38.7. The molecule has 4 atom stereocenters. The number of aliphatic hydroxyl groups is 1. The van der Waals surface area contributed by atoms with Gasteiger partial charge in [0.25, 0.3) is 0 Å². The molecule has 68 heavy (non-hydrogen) atoms. The van der Waals surface area contributed by atoms with E-state index in [0.717, 1.165) is 22.6 Å². The van der Waals surface area contributed by atoms with Gasteiger partial charge in [-0.25, -0.2) is 18.2 Å². The summed E-state index contributed by atoms with van der Waals surface area (Å²) in [6.07, 6.45) is 1.27. The molecule has 3 amide bonds. The third-order valence-corrected chi connectivity index (χ3v) is 13.7. The van der Waals surface area contributed by atoms with E-state index in [2.05, 4.69) is 4.98 Å². The van der Waals surface area contributed by atoms with Crippen LogP contribution in [0.1, 0.15) is 55.1 Å². The number of ketones is 1. The van der Waals surface area contributed by atoms with Crippen LogP contribution >= 0.6 is 23.2 Å². The van der Waals surface area contributed by atoms with E-state index in [0.29, 0.717) is 52.9 Å². The molecule has 2 saturated heterocycles. The smallest absolute Gasteiger partial charge is 0.228 e. The van der Waals surface area contributed by atoms with Crippen molar-refractivity contribution in [1.29, 1.82) is 0 Å². The quantitative estimate of drug-likeness (QED) is 0.132. The first-order valence-corrected chi connectivity index (χ1v) is 23.2. The van der Waals surface area contributed by atoms with E-state index in [9.17, 15) is 28.7 Å². The highest BCUT2D eigenvalue weighted by atomic mass is 35.5. The highest BCUT2D eigenvalue weighted by Crippen LogP contribution is 2.37. The minimum Gasteiger partial charge on any atom is -0.457 e. The summed E-state index contributed by atoms with van der Waals surface area (Å²) in [5.41, 5.74) is 1.37. The summed E-state index contributed by atoms with van der Waals surface area (Å²) >= 11 is 12.7. The Morgan fingerprint density at radius 1 is 0.868 bits per heavy atom. The predicted octanol–water partition coefficient (Wildman–Crippen LogP) is 8.27. The van der Waals surface area contributed by atoms with Crippen molar-refractivity contribution in [3.63, 3.8) is 0 Å². The molecule has 1 N–H and O–H groups in total. The van der Waals surface area contributed by atoms with Crippen LogP contribution in [0.5, 0.6) is 11.5 Å². The number of piperidine rings is 1. The second kappa shape index (κ2) is 21.3. The van der Waals surface area contributed by atoms with Crippen molar-refractivity contribution in [1.82, 2.24) is 29.2 Å². The van der Waals surface area contributed by atoms with E-state index in [1.165, 1.54) is 21.6 Å². The lowest BCUT2D eigenvalue weighted by molar-refractivity contribution is -0.153. The molecular formula is C51H55Cl2F3N6O6. The summed E-state index contributed by atoms with van der Waals surface area (Å²) in [5, 5.41) is 11.5. The van der Waals surface area contributed by atoms with Crippen molar-refractivity contribution < 1.29 is 42.2 Å². The topological polar surface area (TPSA) is 129 Å². The summed E-state index contributed by atoms with van der Waals surface area (Å²) in [7, 11) is 7.46. The van der Waals surface area contributed by atoms with Crippen molar-refractivity contribution in [2.75, 3.05) is 40.8 Å². The lowest BCUT2D eigenvalue weighted by atomic mass is 9.80. The summed E-state index contributed by atoms with van der Waals surface area (Å²) in [4.78, 5) is 69.7. The molecule has 3 heterocycles. The number of rotatable bonds is 12. The standard InChI is InChI=1S/C51H55Cl2F3N6O6/c1-31-45(64)20-36(29-63)49(66)60(5)51(25-32-7-12-37(52)13-8-32)17-6-18-61(30-51)50(67)35(19-41-42(55)23-39(54)24-43(41)56)21-48(65)62(31)27-34-9-14-38(53)22-46(34)68-40-15-10-33(11-16-40)44-26-57-47(59(44)4)28-58(2)3/h7-16,22-24,26,31,35-36,63H,6,17-21,25,27-30H2,1-5H3/t31-,35+,36-,51+/m0/s1. The molecule has 2 aliphatic heterocycles. The molecule has 0 unspecified atom stereocenters. The number of imidazole rings is 1. The average molecular weight is 976 g/mol. The number of hydrogen-bond donors (Lipinski definition) is 1. The van der Waals surface area contributed by atoms with Gasteiger partial charge in [-0.3, -0.25) is 19.2 Å². The number of aromatic nitrogens is 2. The largest absolute Gasteiger partial charge is 0.457 e. The normalized spacial score (nSPS) is 20.9. The number of Topliss-reactive ketones (excluding diaryl/α,β-unsaturated/α-hetero) is 1. The summed E-state index contributed by atoms with van der Waals surface area (Å²) in [6.45, 7) is 1.39. The van der Waals surface area contributed by atoms with Crippen molar-refractivity contribution in [2.24, 2.45) is 18.9 Å². The first-order chi connectivity index (χ1) is 32.4. The van der Waals surface area contributed by atoms with E-state index in [1.807, 2.05) is 54.9 Å². The molecule has 17 heteroatoms. The highest BCUT2D eigenvalue weighted by molar-refractivity contribution is 6.31. The van der Waals surface area contributed by atoms with Crippen LogP contribution in [0.4, 0.5) is 13.2 Å². The van der Waals surface area contributed by atoms with Gasteiger partial charge in [-0.05, 0) is 101 Å². The Kier molecular flexibility index (Phi) is 15.7. The van der Waals surface area contributed by atoms with Crippen molar-refractivity contribution >= 4 is 46.7 Å². The lowest BCUT2D eigenvalue weighted by Crippen LogP contribution is -2.63. The first kappa shape index (κ1) is 50.1. The van der Waals surface area contributed by atoms with E-state index < -0.39 is 95.8 Å². The lowest BCUT2D eigenvalue weighted by Gasteiger charge is -2.50. The fourth-order valence-electron chi connectivity index (χ4n) is 9.34. The zero-order valence-corrected chi connectivity index (χ0v) is 40.2. The number of halogens is 5. The number of carbonyl (C=O) groups is 4. The number of likely N-dealkylation sites (N-methyl/N-ethyl adjacent to an activating group) is 1. The third-order valence-electron chi connectivity index (χ3n) is 13.2. The Labute approximate surface area is 404 Å². The van der Waals surface area contributed by atoms with Crippen LogP contribution in [0.25, 0.3) is 11.3 Å². The highest BCUT2D eigenvalue weighted by Gasteiger charge is 2.46. The van der Waals surface area contributed by atoms with Crippen LogP contribution in [0, 0.1) is 29.3 Å². The van der Waals surface area contributed by atoms with Crippen LogP contribution in [-0.4, -0.2) is 110 Å². The van der Waals surface area contributed by atoms with E-state index >= 15 is 8.78 Å². The van der Waals surface area contributed by atoms with Gasteiger partial charge in [0, 0.05) is 78.9 Å². The molecule has 0 spiro atoms. The Morgan fingerprint density at radius 2 is 1.54 bits per heavy atom. The molecule has 0 radical (unpaired) electrons. The van der Waals surface area contributed by atoms with Gasteiger partial charge in [-0.15, -0.1) is 0 Å². The maximum absolute atomic E-state index is 15.4. The Morgan fingerprint density at radius 3 is 2.21 bits per heavy atom. The van der Waals surface area contributed by atoms with Gasteiger partial charge in [-0.2, -0.15) is 0 Å². The number of benzene rings is 4. The van der Waals surface area contributed by atoms with Gasteiger partial charge in [-0.1, -0.05) is 41.4 Å². The monoisotopic (exact) mass is 974 g/mol. The third kappa shape index (κ3) is 11.2. The van der Waals surface area contributed by atoms with Gasteiger partial charge in [0.1, 0.15) is 34.8 Å². The van der Waals surface area contributed by atoms with Crippen LogP contribution in [0.2, 0.25) is 10.0 Å². The molecule has 4 aromatic carbocycles. The van der Waals surface area contributed by atoms with E-state index in [-0.39, 0.29) is 31.8 Å². The van der Waals surface area contributed by atoms with E-state index in [4.69, 9.17) is 27.9 Å². The van der Waals surface area contributed by atoms with Gasteiger partial charge in [0.15, 0.2) is 5.78 Å². The fourth-order valence-corrected chi connectivity index (χ4v) is 9.62. The number of hydrogen-bond acceptors (Lipinski definition) is 8. The van der Waals surface area contributed by atoms with Gasteiger partial charge < -0.3 is 34.0 Å². The zero-order chi connectivity index (χ0) is 49.0. The number of carbonyl (C=O) groups excluding carboxylic acids is 4. The van der Waals surface area contributed by atoms with Crippen LogP contribution in [0.3, 0.4) is 0 Å². The van der Waals surface area contributed by atoms with Gasteiger partial charge in [0.2, 0.25) is 17.7 Å².